The Morgan fingerprint density at radius 1 is 1.43 bits per heavy atom. The van der Waals surface area contributed by atoms with E-state index in [1.807, 2.05) is 0 Å². The first-order valence-electron chi connectivity index (χ1n) is 1.83. The van der Waals surface area contributed by atoms with Gasteiger partial charge >= 0.3 is 0 Å². The van der Waals surface area contributed by atoms with Crippen molar-refractivity contribution in [1.29, 1.82) is 0 Å². The Morgan fingerprint density at radius 2 is 2.43 bits per heavy atom. The van der Waals surface area contributed by atoms with Crippen LogP contribution >= 0.6 is 0 Å². The summed E-state index contributed by atoms with van der Waals surface area (Å²) in [5, 5.41) is 6.84. The molecule has 0 aromatic carbocycles. The van der Waals surface area contributed by atoms with Gasteiger partial charge in [0, 0.05) is 6.20 Å². The standard InChI is InChI=1S/C4H3N3/c1-2-5-4-7-6-3-1/h1-3H. The summed E-state index contributed by atoms with van der Waals surface area (Å²) in [5.41, 5.74) is 0. The quantitative estimate of drug-likeness (QED) is 0.422. The van der Waals surface area contributed by atoms with Gasteiger partial charge in [0.1, 0.15) is 6.01 Å². The highest BCUT2D eigenvalue weighted by Crippen LogP contribution is 1.75. The minimum atomic E-state index is 1.55. The zero-order chi connectivity index (χ0) is 4.95. The minimum absolute atomic E-state index is 1.55. The number of aliphatic imine (C=N–C) groups is 1. The molecule has 7 heavy (non-hydrogen) atoms. The normalized spacial score (nSPS) is 14.9. The van der Waals surface area contributed by atoms with Gasteiger partial charge in [-0.1, -0.05) is 5.10 Å². The smallest absolute Gasteiger partial charge is 0.122 e. The fourth-order valence-corrected chi connectivity index (χ4v) is 0.238. The molecule has 34 valence electrons. The monoisotopic (exact) mass is 93.0 g/mol. The fourth-order valence-electron chi connectivity index (χ4n) is 0.238. The van der Waals surface area contributed by atoms with E-state index in [1.165, 1.54) is 0 Å². The molecule has 0 amide bonds. The van der Waals surface area contributed by atoms with Crippen molar-refractivity contribution in [2.24, 2.45) is 15.2 Å². The van der Waals surface area contributed by atoms with Crippen molar-refractivity contribution in [3.8, 4) is 0 Å². The lowest BCUT2D eigenvalue weighted by molar-refractivity contribution is 1.27. The zero-order valence-corrected chi connectivity index (χ0v) is 3.57. The molecule has 0 fully saturated rings. The number of nitrogens with zero attached hydrogens (tertiary/aromatic N) is 3. The van der Waals surface area contributed by atoms with Gasteiger partial charge in [0.25, 0.3) is 0 Å². The van der Waals surface area contributed by atoms with Crippen molar-refractivity contribution in [2.45, 2.75) is 0 Å². The van der Waals surface area contributed by atoms with Crippen LogP contribution in [0.1, 0.15) is 0 Å². The Labute approximate surface area is 40.8 Å². The van der Waals surface area contributed by atoms with Gasteiger partial charge in [-0.15, -0.1) is 5.10 Å². The molecule has 1 heterocycles. The molecule has 1 rings (SSSR count). The lowest BCUT2D eigenvalue weighted by atomic mass is 10.7. The molecule has 0 radical (unpaired) electrons. The molecule has 0 aromatic heterocycles. The average molecular weight is 93.1 g/mol. The molecule has 0 saturated carbocycles. The first-order valence-corrected chi connectivity index (χ1v) is 1.83. The first kappa shape index (κ1) is 3.96. The van der Waals surface area contributed by atoms with E-state index in [9.17, 15) is 0 Å². The average Bonchev–Trinajstić information content (AvgIpc) is 1.90. The summed E-state index contributed by atoms with van der Waals surface area (Å²) in [4.78, 5) is 3.55. The predicted molar refractivity (Wildman–Crippen MR) is 27.5 cm³/mol. The second-order valence-corrected chi connectivity index (χ2v) is 0.935. The van der Waals surface area contributed by atoms with E-state index < -0.39 is 0 Å². The topological polar surface area (TPSA) is 37.1 Å². The highest BCUT2D eigenvalue weighted by Gasteiger charge is 1.64. The number of hydrogen-bond donors (Lipinski definition) is 0. The molecule has 1 aliphatic rings. The summed E-state index contributed by atoms with van der Waals surface area (Å²) in [5.74, 6) is 0. The summed E-state index contributed by atoms with van der Waals surface area (Å²) < 4.78 is 0. The molecule has 0 aliphatic carbocycles. The molecule has 0 atom stereocenters. The summed E-state index contributed by atoms with van der Waals surface area (Å²) in [6.07, 6.45) is 4.80. The van der Waals surface area contributed by atoms with E-state index in [1.54, 1.807) is 18.5 Å². The van der Waals surface area contributed by atoms with Crippen molar-refractivity contribution < 1.29 is 0 Å². The van der Waals surface area contributed by atoms with Gasteiger partial charge in [0.15, 0.2) is 0 Å². The SMILES string of the molecule is C1=NC=CC=NN=1. The Morgan fingerprint density at radius 3 is 3.43 bits per heavy atom. The van der Waals surface area contributed by atoms with E-state index >= 15 is 0 Å². The molecule has 0 bridgehead atoms. The van der Waals surface area contributed by atoms with Gasteiger partial charge < -0.3 is 0 Å². The highest BCUT2D eigenvalue weighted by molar-refractivity contribution is 5.72. The Kier molecular flexibility index (Phi) is 1.16. The van der Waals surface area contributed by atoms with E-state index in [0.717, 1.165) is 0 Å². The first-order chi connectivity index (χ1) is 3.50. The third-order valence-corrected chi connectivity index (χ3v) is 0.474. The predicted octanol–water partition coefficient (Wildman–Crippen LogP) is 0.673. The van der Waals surface area contributed by atoms with Crippen LogP contribution in [0.2, 0.25) is 0 Å². The van der Waals surface area contributed by atoms with Crippen LogP contribution in [0.4, 0.5) is 0 Å². The van der Waals surface area contributed by atoms with E-state index in [0.29, 0.717) is 0 Å². The lowest BCUT2D eigenvalue weighted by Gasteiger charge is -1.59. The molecule has 3 heteroatoms. The molecular formula is C4H3N3. The minimum Gasteiger partial charge on any atom is -0.194 e. The summed E-state index contributed by atoms with van der Waals surface area (Å²) >= 11 is 0. The lowest BCUT2D eigenvalue weighted by Crippen LogP contribution is -1.53. The molecular weight excluding hydrogens is 90.1 g/mol. The van der Waals surface area contributed by atoms with Crippen molar-refractivity contribution in [3.05, 3.63) is 12.3 Å². The van der Waals surface area contributed by atoms with Gasteiger partial charge in [0.05, 0.1) is 6.21 Å². The summed E-state index contributed by atoms with van der Waals surface area (Å²) in [6, 6.07) is 2.31. The van der Waals surface area contributed by atoms with Gasteiger partial charge in [-0.3, -0.25) is 0 Å². The van der Waals surface area contributed by atoms with E-state index in [-0.39, 0.29) is 0 Å². The molecule has 1 aliphatic heterocycles. The molecule has 3 nitrogen and oxygen atoms in total. The van der Waals surface area contributed by atoms with Gasteiger partial charge in [-0.05, 0) is 6.08 Å². The third-order valence-electron chi connectivity index (χ3n) is 0.474. The number of allylic oxidation sites excluding steroid dienone is 1. The molecule has 0 aromatic rings. The van der Waals surface area contributed by atoms with Crippen LogP contribution in [0.25, 0.3) is 0 Å². The molecule has 0 N–H and O–H groups in total. The summed E-state index contributed by atoms with van der Waals surface area (Å²) in [6.45, 7) is 0. The van der Waals surface area contributed by atoms with Gasteiger partial charge in [-0.25, -0.2) is 0 Å². The fraction of sp³-hybridized carbons (Fsp3) is 0. The van der Waals surface area contributed by atoms with Crippen LogP contribution in [-0.2, 0) is 0 Å². The third kappa shape index (κ3) is 1.11. The Balaban J connectivity index is 2.86. The maximum Gasteiger partial charge on any atom is 0.122 e. The van der Waals surface area contributed by atoms with Crippen molar-refractivity contribution in [1.82, 2.24) is 0 Å². The van der Waals surface area contributed by atoms with Crippen LogP contribution in [0.15, 0.2) is 27.5 Å². The van der Waals surface area contributed by atoms with Crippen molar-refractivity contribution >= 4 is 12.2 Å². The van der Waals surface area contributed by atoms with Crippen molar-refractivity contribution in [3.63, 3.8) is 0 Å². The van der Waals surface area contributed by atoms with Crippen LogP contribution < -0.4 is 0 Å². The van der Waals surface area contributed by atoms with Gasteiger partial charge in [-0.2, -0.15) is 4.99 Å². The van der Waals surface area contributed by atoms with Crippen LogP contribution in [-0.4, -0.2) is 12.2 Å². The molecule has 0 saturated heterocycles. The van der Waals surface area contributed by atoms with Crippen LogP contribution in [0, 0.1) is 0 Å². The van der Waals surface area contributed by atoms with Crippen LogP contribution in [0.5, 0.6) is 0 Å². The molecule has 0 unspecified atom stereocenters. The summed E-state index contributed by atoms with van der Waals surface area (Å²) in [7, 11) is 0. The molecule has 0 spiro atoms. The zero-order valence-electron chi connectivity index (χ0n) is 3.57. The van der Waals surface area contributed by atoms with Crippen molar-refractivity contribution in [2.75, 3.05) is 0 Å². The van der Waals surface area contributed by atoms with Gasteiger partial charge in [0.2, 0.25) is 0 Å². The highest BCUT2D eigenvalue weighted by atomic mass is 15.2. The Hall–Kier alpha value is -1.21. The maximum absolute atomic E-state index is 3.55. The number of hydrogen-bond acceptors (Lipinski definition) is 3. The maximum atomic E-state index is 3.55. The number of rotatable bonds is 0. The van der Waals surface area contributed by atoms with E-state index in [4.69, 9.17) is 0 Å². The second-order valence-electron chi connectivity index (χ2n) is 0.935. The Bertz CT molecular complexity index is 144. The largest absolute Gasteiger partial charge is 0.194 e. The van der Waals surface area contributed by atoms with E-state index in [2.05, 4.69) is 21.2 Å². The van der Waals surface area contributed by atoms with Crippen LogP contribution in [0.3, 0.4) is 0 Å². The second kappa shape index (κ2) is 2.05.